The van der Waals surface area contributed by atoms with Gasteiger partial charge in [0, 0.05) is 11.4 Å². The van der Waals surface area contributed by atoms with E-state index < -0.39 is 6.04 Å². The van der Waals surface area contributed by atoms with Gasteiger partial charge in [-0.2, -0.15) is 0 Å². The van der Waals surface area contributed by atoms with Crippen molar-refractivity contribution in [1.82, 2.24) is 0 Å². The summed E-state index contributed by atoms with van der Waals surface area (Å²) in [5, 5.41) is 15.1. The van der Waals surface area contributed by atoms with Gasteiger partial charge in [0.2, 0.25) is 5.91 Å². The van der Waals surface area contributed by atoms with E-state index in [1.165, 1.54) is 0 Å². The van der Waals surface area contributed by atoms with Gasteiger partial charge in [-0.1, -0.05) is 12.1 Å². The van der Waals surface area contributed by atoms with Crippen LogP contribution in [0.1, 0.15) is 12.5 Å². The highest BCUT2D eigenvalue weighted by Crippen LogP contribution is 2.16. The Labute approximate surface area is 129 Å². The van der Waals surface area contributed by atoms with Crippen LogP contribution in [0.15, 0.2) is 48.5 Å². The third-order valence-electron chi connectivity index (χ3n) is 3.24. The maximum atomic E-state index is 12.2. The van der Waals surface area contributed by atoms with E-state index in [2.05, 4.69) is 10.6 Å². The fourth-order valence-electron chi connectivity index (χ4n) is 2.00. The number of hydrogen-bond donors (Lipinski definition) is 3. The van der Waals surface area contributed by atoms with Crippen molar-refractivity contribution in [3.05, 3.63) is 54.1 Å². The average Bonchev–Trinajstić information content (AvgIpc) is 2.55. The largest absolute Gasteiger partial charge is 0.497 e. The second-order valence-corrected chi connectivity index (χ2v) is 4.94. The van der Waals surface area contributed by atoms with Crippen molar-refractivity contribution in [2.75, 3.05) is 17.7 Å². The molecular formula is C17H20N2O3. The minimum atomic E-state index is -0.406. The first-order valence-corrected chi connectivity index (χ1v) is 7.03. The molecule has 0 aliphatic rings. The lowest BCUT2D eigenvalue weighted by molar-refractivity contribution is -0.116. The van der Waals surface area contributed by atoms with E-state index in [4.69, 9.17) is 9.84 Å². The summed E-state index contributed by atoms with van der Waals surface area (Å²) in [5.41, 5.74) is 2.31. The molecule has 0 saturated carbocycles. The minimum absolute atomic E-state index is 0.0258. The Bertz CT molecular complexity index is 626. The highest BCUT2D eigenvalue weighted by molar-refractivity contribution is 5.96. The molecule has 0 radical (unpaired) electrons. The smallest absolute Gasteiger partial charge is 0.246 e. The van der Waals surface area contributed by atoms with Crippen LogP contribution in [0.5, 0.6) is 5.75 Å². The lowest BCUT2D eigenvalue weighted by atomic mass is 10.2. The van der Waals surface area contributed by atoms with Crippen molar-refractivity contribution in [1.29, 1.82) is 0 Å². The topological polar surface area (TPSA) is 70.6 Å². The first kappa shape index (κ1) is 15.9. The number of aliphatic hydroxyl groups is 1. The Morgan fingerprint density at radius 3 is 2.55 bits per heavy atom. The second kappa shape index (κ2) is 7.47. The molecule has 0 spiro atoms. The maximum absolute atomic E-state index is 12.2. The van der Waals surface area contributed by atoms with Crippen molar-refractivity contribution in [2.45, 2.75) is 19.6 Å². The number of rotatable bonds is 6. The molecule has 0 fully saturated rings. The first-order valence-electron chi connectivity index (χ1n) is 7.03. The molecule has 0 aliphatic heterocycles. The van der Waals surface area contributed by atoms with Gasteiger partial charge in [0.05, 0.1) is 13.7 Å². The van der Waals surface area contributed by atoms with Crippen LogP contribution >= 0.6 is 0 Å². The number of hydrogen-bond acceptors (Lipinski definition) is 4. The molecule has 22 heavy (non-hydrogen) atoms. The van der Waals surface area contributed by atoms with Gasteiger partial charge in [-0.25, -0.2) is 0 Å². The van der Waals surface area contributed by atoms with Gasteiger partial charge >= 0.3 is 0 Å². The summed E-state index contributed by atoms with van der Waals surface area (Å²) in [6.45, 7) is 1.76. The van der Waals surface area contributed by atoms with Crippen molar-refractivity contribution in [2.24, 2.45) is 0 Å². The summed E-state index contributed by atoms with van der Waals surface area (Å²) < 4.78 is 5.08. The molecule has 2 aromatic rings. The van der Waals surface area contributed by atoms with Crippen LogP contribution in [-0.4, -0.2) is 24.2 Å². The molecule has 0 bridgehead atoms. The Balaban J connectivity index is 1.96. The Morgan fingerprint density at radius 2 is 1.91 bits per heavy atom. The highest BCUT2D eigenvalue weighted by atomic mass is 16.5. The fourth-order valence-corrected chi connectivity index (χ4v) is 2.00. The lowest BCUT2D eigenvalue weighted by Crippen LogP contribution is -2.31. The molecular weight excluding hydrogens is 280 g/mol. The van der Waals surface area contributed by atoms with Gasteiger partial charge in [0.25, 0.3) is 0 Å². The third-order valence-corrected chi connectivity index (χ3v) is 3.24. The van der Waals surface area contributed by atoms with E-state index in [9.17, 15) is 4.79 Å². The molecule has 2 rings (SSSR count). The van der Waals surface area contributed by atoms with Crippen LogP contribution in [0.25, 0.3) is 0 Å². The molecule has 0 aliphatic carbocycles. The molecule has 1 unspecified atom stereocenters. The van der Waals surface area contributed by atoms with Gasteiger partial charge in [-0.3, -0.25) is 4.79 Å². The Hall–Kier alpha value is -2.53. The van der Waals surface area contributed by atoms with Crippen LogP contribution in [0.3, 0.4) is 0 Å². The molecule has 0 aromatic heterocycles. The summed E-state index contributed by atoms with van der Waals surface area (Å²) in [4.78, 5) is 12.2. The molecule has 116 valence electrons. The SMILES string of the molecule is COc1ccc(NC(=O)C(C)Nc2cccc(CO)c2)cc1. The van der Waals surface area contributed by atoms with E-state index in [1.54, 1.807) is 38.3 Å². The molecule has 5 nitrogen and oxygen atoms in total. The molecule has 2 aromatic carbocycles. The van der Waals surface area contributed by atoms with E-state index in [1.807, 2.05) is 24.3 Å². The van der Waals surface area contributed by atoms with E-state index in [0.29, 0.717) is 5.69 Å². The fraction of sp³-hybridized carbons (Fsp3) is 0.235. The van der Waals surface area contributed by atoms with E-state index in [0.717, 1.165) is 17.0 Å². The van der Waals surface area contributed by atoms with Crippen LogP contribution < -0.4 is 15.4 Å². The lowest BCUT2D eigenvalue weighted by Gasteiger charge is -2.16. The zero-order valence-electron chi connectivity index (χ0n) is 12.7. The second-order valence-electron chi connectivity index (χ2n) is 4.94. The number of anilines is 2. The number of ether oxygens (including phenoxy) is 1. The predicted octanol–water partition coefficient (Wildman–Crippen LogP) is 2.63. The minimum Gasteiger partial charge on any atom is -0.497 e. The average molecular weight is 300 g/mol. The summed E-state index contributed by atoms with van der Waals surface area (Å²) in [7, 11) is 1.60. The Kier molecular flexibility index (Phi) is 5.38. The zero-order chi connectivity index (χ0) is 15.9. The third kappa shape index (κ3) is 4.23. The number of benzene rings is 2. The van der Waals surface area contributed by atoms with Crippen LogP contribution in [0, 0.1) is 0 Å². The normalized spacial score (nSPS) is 11.6. The standard InChI is InChI=1S/C17H20N2O3/c1-12(18-15-5-3-4-13(10-15)11-20)17(21)19-14-6-8-16(22-2)9-7-14/h3-10,12,18,20H,11H2,1-2H3,(H,19,21). The Morgan fingerprint density at radius 1 is 1.18 bits per heavy atom. The first-order chi connectivity index (χ1) is 10.6. The molecule has 0 saturated heterocycles. The highest BCUT2D eigenvalue weighted by Gasteiger charge is 2.13. The van der Waals surface area contributed by atoms with Crippen molar-refractivity contribution >= 4 is 17.3 Å². The molecule has 3 N–H and O–H groups in total. The summed E-state index contributed by atoms with van der Waals surface area (Å²) >= 11 is 0. The van der Waals surface area contributed by atoms with E-state index >= 15 is 0 Å². The summed E-state index contributed by atoms with van der Waals surface area (Å²) in [6, 6.07) is 14.1. The van der Waals surface area contributed by atoms with Gasteiger partial charge in [0.1, 0.15) is 11.8 Å². The summed E-state index contributed by atoms with van der Waals surface area (Å²) in [6.07, 6.45) is 0. The molecule has 1 amide bonds. The van der Waals surface area contributed by atoms with Crippen molar-refractivity contribution in [3.63, 3.8) is 0 Å². The van der Waals surface area contributed by atoms with Gasteiger partial charge < -0.3 is 20.5 Å². The van der Waals surface area contributed by atoms with E-state index in [-0.39, 0.29) is 12.5 Å². The number of carbonyl (C=O) groups excluding carboxylic acids is 1. The zero-order valence-corrected chi connectivity index (χ0v) is 12.7. The number of amides is 1. The van der Waals surface area contributed by atoms with Crippen LogP contribution in [0.2, 0.25) is 0 Å². The molecule has 0 heterocycles. The quantitative estimate of drug-likeness (QED) is 0.767. The molecule has 1 atom stereocenters. The molecule has 5 heteroatoms. The van der Waals surface area contributed by atoms with Gasteiger partial charge in [-0.15, -0.1) is 0 Å². The predicted molar refractivity (Wildman–Crippen MR) is 87.1 cm³/mol. The van der Waals surface area contributed by atoms with Crippen LogP contribution in [-0.2, 0) is 11.4 Å². The van der Waals surface area contributed by atoms with Crippen molar-refractivity contribution < 1.29 is 14.6 Å². The van der Waals surface area contributed by atoms with Crippen molar-refractivity contribution in [3.8, 4) is 5.75 Å². The van der Waals surface area contributed by atoms with Crippen LogP contribution in [0.4, 0.5) is 11.4 Å². The number of nitrogens with one attached hydrogen (secondary N) is 2. The monoisotopic (exact) mass is 300 g/mol. The summed E-state index contributed by atoms with van der Waals surface area (Å²) in [5.74, 6) is 0.601. The maximum Gasteiger partial charge on any atom is 0.246 e. The number of carbonyl (C=O) groups is 1. The van der Waals surface area contributed by atoms with Gasteiger partial charge in [0.15, 0.2) is 0 Å². The number of aliphatic hydroxyl groups excluding tert-OH is 1. The van der Waals surface area contributed by atoms with Gasteiger partial charge in [-0.05, 0) is 48.9 Å². The number of methoxy groups -OCH3 is 1.